The van der Waals surface area contributed by atoms with Crippen LogP contribution in [-0.4, -0.2) is 5.91 Å². The summed E-state index contributed by atoms with van der Waals surface area (Å²) in [4.78, 5) is 21.2. The Hall–Kier alpha value is -2.51. The summed E-state index contributed by atoms with van der Waals surface area (Å²) in [6.07, 6.45) is 0. The lowest BCUT2D eigenvalue weighted by Gasteiger charge is -2.04. The van der Waals surface area contributed by atoms with Gasteiger partial charge in [0.1, 0.15) is 12.2 Å². The molecule has 0 unspecified atom stereocenters. The fourth-order valence-corrected chi connectivity index (χ4v) is 2.16. The molecule has 0 spiro atoms. The highest BCUT2D eigenvalue weighted by Crippen LogP contribution is 2.27. The number of rotatable bonds is 6. The molecule has 0 aliphatic heterocycles. The maximum Gasteiger partial charge on any atom is 0.248 e. The Morgan fingerprint density at radius 1 is 1.13 bits per heavy atom. The van der Waals surface area contributed by atoms with Crippen LogP contribution in [0.5, 0.6) is 0 Å². The molecular weight excluding hydrogens is 341 g/mol. The average molecular weight is 352 g/mol. The van der Waals surface area contributed by atoms with Crippen LogP contribution in [0.4, 0.5) is 11.4 Å². The van der Waals surface area contributed by atoms with E-state index in [9.17, 15) is 9.70 Å². The number of anilines is 1. The molecule has 1 amide bonds. The fraction of sp³-hybridized carbons (Fsp3) is 0.0714. The van der Waals surface area contributed by atoms with Gasteiger partial charge in [-0.15, -0.1) is 5.11 Å². The molecule has 0 fully saturated rings. The van der Waals surface area contributed by atoms with Crippen molar-refractivity contribution in [3.63, 3.8) is 0 Å². The van der Waals surface area contributed by atoms with Crippen LogP contribution in [-0.2, 0) is 6.54 Å². The third-order valence-corrected chi connectivity index (χ3v) is 3.46. The molecule has 3 N–H and O–H groups in total. The topological polar surface area (TPSA) is 109 Å². The lowest BCUT2D eigenvalue weighted by Crippen LogP contribution is -2.10. The number of nitrogens with two attached hydrogens (primary N) is 1. The molecule has 0 radical (unpaired) electrons. The maximum atomic E-state index is 11.0. The zero-order valence-electron chi connectivity index (χ0n) is 11.7. The predicted molar refractivity (Wildman–Crippen MR) is 89.1 cm³/mol. The van der Waals surface area contributed by atoms with E-state index in [0.717, 1.165) is 0 Å². The lowest BCUT2D eigenvalue weighted by molar-refractivity contribution is 0.100. The third-order valence-electron chi connectivity index (χ3n) is 2.84. The SMILES string of the molecule is NC(=O)c1ccc(NN=Nc2ccc(CN=O)cc2Cl)c(Cl)c1. The number of primary amides is 1. The molecule has 2 rings (SSSR count). The summed E-state index contributed by atoms with van der Waals surface area (Å²) in [6, 6.07) is 9.38. The van der Waals surface area contributed by atoms with Crippen LogP contribution in [0.2, 0.25) is 10.0 Å². The van der Waals surface area contributed by atoms with Crippen LogP contribution in [0.3, 0.4) is 0 Å². The minimum atomic E-state index is -0.572. The van der Waals surface area contributed by atoms with Gasteiger partial charge in [0.25, 0.3) is 0 Å². The zero-order chi connectivity index (χ0) is 16.8. The molecule has 9 heteroatoms. The Balaban J connectivity index is 2.10. The first-order valence-corrected chi connectivity index (χ1v) is 7.10. The van der Waals surface area contributed by atoms with E-state index in [0.29, 0.717) is 27.5 Å². The molecule has 0 bridgehead atoms. The molecule has 0 aromatic heterocycles. The Morgan fingerprint density at radius 2 is 1.91 bits per heavy atom. The van der Waals surface area contributed by atoms with Gasteiger partial charge in [-0.2, -0.15) is 4.91 Å². The van der Waals surface area contributed by atoms with Crippen molar-refractivity contribution in [3.05, 3.63) is 62.5 Å². The first-order valence-electron chi connectivity index (χ1n) is 6.35. The number of carbonyl (C=O) groups excluding carboxylic acids is 1. The Kier molecular flexibility index (Phi) is 5.61. The van der Waals surface area contributed by atoms with Crippen LogP contribution in [0, 0.1) is 4.91 Å². The van der Waals surface area contributed by atoms with Crippen LogP contribution in [0.1, 0.15) is 15.9 Å². The van der Waals surface area contributed by atoms with E-state index in [1.54, 1.807) is 24.3 Å². The van der Waals surface area contributed by atoms with Crippen LogP contribution in [0.15, 0.2) is 51.9 Å². The minimum Gasteiger partial charge on any atom is -0.366 e. The number of hydrogen-bond donors (Lipinski definition) is 2. The van der Waals surface area contributed by atoms with E-state index in [1.165, 1.54) is 12.1 Å². The number of nitrogens with one attached hydrogen (secondary N) is 1. The quantitative estimate of drug-likeness (QED) is 0.455. The molecule has 7 nitrogen and oxygen atoms in total. The summed E-state index contributed by atoms with van der Waals surface area (Å²) >= 11 is 12.0. The van der Waals surface area contributed by atoms with Crippen molar-refractivity contribution in [2.24, 2.45) is 21.2 Å². The summed E-state index contributed by atoms with van der Waals surface area (Å²) in [5.41, 5.74) is 9.65. The maximum absolute atomic E-state index is 11.0. The van der Waals surface area contributed by atoms with Gasteiger partial charge in [-0.25, -0.2) is 0 Å². The van der Waals surface area contributed by atoms with Crippen molar-refractivity contribution in [2.75, 3.05) is 5.43 Å². The van der Waals surface area contributed by atoms with Crippen molar-refractivity contribution < 1.29 is 4.79 Å². The van der Waals surface area contributed by atoms with Crippen LogP contribution in [0.25, 0.3) is 0 Å². The molecule has 0 saturated heterocycles. The van der Waals surface area contributed by atoms with Crippen LogP contribution < -0.4 is 11.2 Å². The molecule has 118 valence electrons. The Bertz CT molecular complexity index is 780. The standard InChI is InChI=1S/C14H11Cl2N5O2/c15-10-5-8(7-18-23)1-3-12(10)19-21-20-13-4-2-9(14(17)22)6-11(13)16/h1-6H,7H2,(H2,17,22)(H,19,20). The first kappa shape index (κ1) is 16.9. The van der Waals surface area contributed by atoms with Crippen molar-refractivity contribution in [1.29, 1.82) is 0 Å². The fourth-order valence-electron chi connectivity index (χ4n) is 1.70. The van der Waals surface area contributed by atoms with Gasteiger partial charge in [-0.1, -0.05) is 39.7 Å². The molecule has 0 aliphatic rings. The number of nitrogens with zero attached hydrogens (tertiary/aromatic N) is 3. The van der Waals surface area contributed by atoms with Gasteiger partial charge < -0.3 is 5.73 Å². The number of halogens is 2. The molecule has 2 aromatic rings. The third kappa shape index (κ3) is 4.48. The van der Waals surface area contributed by atoms with Crippen LogP contribution >= 0.6 is 23.2 Å². The highest BCUT2D eigenvalue weighted by Gasteiger charge is 2.05. The molecule has 2 aromatic carbocycles. The molecule has 23 heavy (non-hydrogen) atoms. The number of nitroso groups, excluding NO2 is 1. The Morgan fingerprint density at radius 3 is 2.52 bits per heavy atom. The summed E-state index contributed by atoms with van der Waals surface area (Å²) in [7, 11) is 0. The second kappa shape index (κ2) is 7.66. The van der Waals surface area contributed by atoms with Crippen molar-refractivity contribution >= 4 is 40.5 Å². The molecule has 0 heterocycles. The van der Waals surface area contributed by atoms with E-state index in [2.05, 4.69) is 20.9 Å². The minimum absolute atomic E-state index is 0.0389. The van der Waals surface area contributed by atoms with Gasteiger partial charge in [0.2, 0.25) is 5.91 Å². The molecule has 0 atom stereocenters. The zero-order valence-corrected chi connectivity index (χ0v) is 13.2. The summed E-state index contributed by atoms with van der Waals surface area (Å²) in [5.74, 6) is -0.572. The van der Waals surface area contributed by atoms with Crippen molar-refractivity contribution in [1.82, 2.24) is 0 Å². The van der Waals surface area contributed by atoms with Crippen molar-refractivity contribution in [3.8, 4) is 0 Å². The number of hydrogen-bond acceptors (Lipinski definition) is 5. The highest BCUT2D eigenvalue weighted by molar-refractivity contribution is 6.33. The van der Waals surface area contributed by atoms with Gasteiger partial charge in [0.05, 0.1) is 15.7 Å². The van der Waals surface area contributed by atoms with Gasteiger partial charge in [-0.3, -0.25) is 10.2 Å². The van der Waals surface area contributed by atoms with Gasteiger partial charge in [-0.05, 0) is 35.9 Å². The number of amides is 1. The molecule has 0 aliphatic carbocycles. The number of carbonyl (C=O) groups is 1. The average Bonchev–Trinajstić information content (AvgIpc) is 2.51. The summed E-state index contributed by atoms with van der Waals surface area (Å²) < 4.78 is 0. The predicted octanol–water partition coefficient (Wildman–Crippen LogP) is 4.47. The van der Waals surface area contributed by atoms with E-state index in [-0.39, 0.29) is 11.6 Å². The second-order valence-corrected chi connectivity index (χ2v) is 5.26. The second-order valence-electron chi connectivity index (χ2n) is 4.44. The van der Waals surface area contributed by atoms with E-state index < -0.39 is 5.91 Å². The first-order chi connectivity index (χ1) is 11.0. The lowest BCUT2D eigenvalue weighted by atomic mass is 10.2. The van der Waals surface area contributed by atoms with E-state index in [1.807, 2.05) is 0 Å². The normalized spacial score (nSPS) is 10.7. The summed E-state index contributed by atoms with van der Waals surface area (Å²) in [6.45, 7) is 0.0389. The van der Waals surface area contributed by atoms with E-state index in [4.69, 9.17) is 28.9 Å². The molecule has 0 saturated carbocycles. The summed E-state index contributed by atoms with van der Waals surface area (Å²) in [5, 5.41) is 11.1. The Labute approximate surface area is 141 Å². The van der Waals surface area contributed by atoms with Gasteiger partial charge >= 0.3 is 0 Å². The molecular formula is C14H11Cl2N5O2. The van der Waals surface area contributed by atoms with Gasteiger partial charge in [0, 0.05) is 5.56 Å². The van der Waals surface area contributed by atoms with Gasteiger partial charge in [0.15, 0.2) is 0 Å². The van der Waals surface area contributed by atoms with Crippen molar-refractivity contribution in [2.45, 2.75) is 6.54 Å². The largest absolute Gasteiger partial charge is 0.366 e. The van der Waals surface area contributed by atoms with E-state index >= 15 is 0 Å². The number of benzene rings is 2. The highest BCUT2D eigenvalue weighted by atomic mass is 35.5. The smallest absolute Gasteiger partial charge is 0.248 e. The monoisotopic (exact) mass is 351 g/mol.